The van der Waals surface area contributed by atoms with Crippen LogP contribution >= 0.6 is 11.3 Å². The summed E-state index contributed by atoms with van der Waals surface area (Å²) < 4.78 is 33.0. The van der Waals surface area contributed by atoms with Gasteiger partial charge in [0.25, 0.3) is 15.9 Å². The standard InChI is InChI=1S/C23H25N5O4S2/c1-32-19-6-4-17(5-7-19)22-24-18(16-33-22)15-26-9-11-28(12-10-26)23(29)20-3-2-8-27-13-14-34(30,31)25-21(20)27/h2-8,16H,9-15H2,1H3. The fourth-order valence-electron chi connectivity index (χ4n) is 4.14. The number of hydrogen-bond acceptors (Lipinski definition) is 8. The third-order valence-electron chi connectivity index (χ3n) is 6.02. The topological polar surface area (TPSA) is 95.4 Å². The van der Waals surface area contributed by atoms with Crippen molar-refractivity contribution in [2.45, 2.75) is 6.54 Å². The minimum absolute atomic E-state index is 0.0439. The number of sulfonamides is 1. The average molecular weight is 500 g/mol. The van der Waals surface area contributed by atoms with Crippen LogP contribution in [0.5, 0.6) is 5.75 Å². The number of piperazine rings is 1. The fourth-order valence-corrected chi connectivity index (χ4v) is 5.94. The first-order valence-electron chi connectivity index (χ1n) is 11.0. The largest absolute Gasteiger partial charge is 0.497 e. The molecule has 2 aromatic rings. The van der Waals surface area contributed by atoms with Gasteiger partial charge in [0.1, 0.15) is 10.8 Å². The zero-order valence-electron chi connectivity index (χ0n) is 18.8. The Morgan fingerprint density at radius 3 is 2.62 bits per heavy atom. The van der Waals surface area contributed by atoms with Gasteiger partial charge in [-0.3, -0.25) is 9.69 Å². The van der Waals surface area contributed by atoms with Gasteiger partial charge in [-0.15, -0.1) is 15.7 Å². The molecule has 3 aliphatic heterocycles. The molecule has 1 aromatic carbocycles. The number of nitrogens with zero attached hydrogens (tertiary/aromatic N) is 5. The Hall–Kier alpha value is -3.02. The molecular formula is C23H25N5O4S2. The fraction of sp³-hybridized carbons (Fsp3) is 0.348. The summed E-state index contributed by atoms with van der Waals surface area (Å²) in [6, 6.07) is 7.86. The summed E-state index contributed by atoms with van der Waals surface area (Å²) in [4.78, 5) is 23.7. The number of thiazole rings is 1. The van der Waals surface area contributed by atoms with Crippen molar-refractivity contribution in [3.8, 4) is 16.3 Å². The van der Waals surface area contributed by atoms with E-state index in [2.05, 4.69) is 14.7 Å². The highest BCUT2D eigenvalue weighted by atomic mass is 32.2. The SMILES string of the molecule is COc1ccc(-c2nc(CN3CCN(C(=O)C4=CC=CN5CCS(=O)(=O)N=C45)CC3)cs2)cc1. The monoisotopic (exact) mass is 499 g/mol. The van der Waals surface area contributed by atoms with Crippen molar-refractivity contribution in [3.63, 3.8) is 0 Å². The van der Waals surface area contributed by atoms with Crippen molar-refractivity contribution >= 4 is 33.1 Å². The molecule has 0 saturated carbocycles. The molecule has 1 fully saturated rings. The summed E-state index contributed by atoms with van der Waals surface area (Å²) in [5.74, 6) is 0.825. The zero-order chi connectivity index (χ0) is 23.7. The maximum Gasteiger partial charge on any atom is 0.257 e. The van der Waals surface area contributed by atoms with Crippen LogP contribution in [-0.2, 0) is 21.4 Å². The molecule has 0 spiro atoms. The summed E-state index contributed by atoms with van der Waals surface area (Å²) in [5.41, 5.74) is 2.40. The van der Waals surface area contributed by atoms with E-state index >= 15 is 0 Å². The molecule has 3 aliphatic rings. The van der Waals surface area contributed by atoms with Gasteiger partial charge in [-0.2, -0.15) is 0 Å². The number of rotatable bonds is 5. The molecule has 11 heteroatoms. The molecule has 178 valence electrons. The van der Waals surface area contributed by atoms with E-state index < -0.39 is 10.0 Å². The van der Waals surface area contributed by atoms with Crippen LogP contribution in [0.4, 0.5) is 0 Å². The zero-order valence-corrected chi connectivity index (χ0v) is 20.4. The first-order chi connectivity index (χ1) is 16.4. The van der Waals surface area contributed by atoms with Crippen LogP contribution in [0.15, 0.2) is 58.0 Å². The first-order valence-corrected chi connectivity index (χ1v) is 13.5. The van der Waals surface area contributed by atoms with E-state index in [0.717, 1.165) is 41.6 Å². The van der Waals surface area contributed by atoms with Crippen molar-refractivity contribution in [2.24, 2.45) is 4.40 Å². The predicted molar refractivity (Wildman–Crippen MR) is 131 cm³/mol. The lowest BCUT2D eigenvalue weighted by Crippen LogP contribution is -2.50. The van der Waals surface area contributed by atoms with E-state index in [1.807, 2.05) is 24.3 Å². The van der Waals surface area contributed by atoms with Crippen LogP contribution in [0.1, 0.15) is 5.69 Å². The second kappa shape index (κ2) is 9.32. The van der Waals surface area contributed by atoms with Gasteiger partial charge in [-0.25, -0.2) is 13.4 Å². The maximum atomic E-state index is 13.2. The molecule has 0 N–H and O–H groups in total. The molecule has 0 bridgehead atoms. The molecule has 34 heavy (non-hydrogen) atoms. The van der Waals surface area contributed by atoms with Crippen LogP contribution in [0, 0.1) is 0 Å². The molecule has 0 radical (unpaired) electrons. The van der Waals surface area contributed by atoms with Crippen molar-refractivity contribution in [1.29, 1.82) is 0 Å². The quantitative estimate of drug-likeness (QED) is 0.621. The number of fused-ring (bicyclic) bond motifs is 1. The van der Waals surface area contributed by atoms with E-state index in [-0.39, 0.29) is 17.5 Å². The number of amidine groups is 1. The molecule has 1 aromatic heterocycles. The molecular weight excluding hydrogens is 474 g/mol. The maximum absolute atomic E-state index is 13.2. The van der Waals surface area contributed by atoms with Gasteiger partial charge < -0.3 is 14.5 Å². The van der Waals surface area contributed by atoms with Crippen molar-refractivity contribution in [2.75, 3.05) is 45.6 Å². The van der Waals surface area contributed by atoms with Crippen molar-refractivity contribution < 1.29 is 17.9 Å². The Bertz CT molecular complexity index is 1270. The van der Waals surface area contributed by atoms with Gasteiger partial charge in [-0.1, -0.05) is 0 Å². The molecule has 0 aliphatic carbocycles. The Morgan fingerprint density at radius 2 is 1.88 bits per heavy atom. The van der Waals surface area contributed by atoms with E-state index in [1.165, 1.54) is 0 Å². The second-order valence-corrected chi connectivity index (χ2v) is 10.9. The molecule has 9 nitrogen and oxygen atoms in total. The molecule has 1 amide bonds. The summed E-state index contributed by atoms with van der Waals surface area (Å²) in [7, 11) is -1.89. The molecule has 5 rings (SSSR count). The van der Waals surface area contributed by atoms with Gasteiger partial charge in [-0.05, 0) is 36.4 Å². The lowest BCUT2D eigenvalue weighted by atomic mass is 10.1. The highest BCUT2D eigenvalue weighted by molar-refractivity contribution is 7.90. The Balaban J connectivity index is 1.20. The molecule has 1 saturated heterocycles. The van der Waals surface area contributed by atoms with Crippen LogP contribution in [0.3, 0.4) is 0 Å². The molecule has 0 unspecified atom stereocenters. The van der Waals surface area contributed by atoms with Gasteiger partial charge in [0, 0.05) is 56.4 Å². The van der Waals surface area contributed by atoms with Crippen molar-refractivity contribution in [1.82, 2.24) is 19.7 Å². The van der Waals surface area contributed by atoms with Crippen LogP contribution in [0.25, 0.3) is 10.6 Å². The van der Waals surface area contributed by atoms with Crippen LogP contribution in [-0.4, -0.2) is 85.4 Å². The third kappa shape index (κ3) is 4.77. The van der Waals surface area contributed by atoms with Crippen LogP contribution in [0.2, 0.25) is 0 Å². The number of hydrogen-bond donors (Lipinski definition) is 0. The smallest absolute Gasteiger partial charge is 0.257 e. The number of ether oxygens (including phenoxy) is 1. The number of amides is 1. The number of carbonyl (C=O) groups is 1. The van der Waals surface area contributed by atoms with Gasteiger partial charge >= 0.3 is 0 Å². The predicted octanol–water partition coefficient (Wildman–Crippen LogP) is 1.96. The van der Waals surface area contributed by atoms with E-state index in [4.69, 9.17) is 9.72 Å². The lowest BCUT2D eigenvalue weighted by Gasteiger charge is -2.36. The minimum atomic E-state index is -3.54. The van der Waals surface area contributed by atoms with Gasteiger partial charge in [0.05, 0.1) is 24.1 Å². The number of benzene rings is 1. The normalized spacial score (nSPS) is 19.9. The minimum Gasteiger partial charge on any atom is -0.497 e. The lowest BCUT2D eigenvalue weighted by molar-refractivity contribution is -0.128. The molecule has 0 atom stereocenters. The average Bonchev–Trinajstić information content (AvgIpc) is 3.31. The summed E-state index contributed by atoms with van der Waals surface area (Å²) in [5, 5.41) is 3.04. The Kier molecular flexibility index (Phi) is 6.24. The molecule has 4 heterocycles. The van der Waals surface area contributed by atoms with E-state index in [1.54, 1.807) is 46.6 Å². The van der Waals surface area contributed by atoms with Crippen LogP contribution < -0.4 is 4.74 Å². The summed E-state index contributed by atoms with van der Waals surface area (Å²) >= 11 is 1.62. The third-order valence-corrected chi connectivity index (χ3v) is 8.11. The Labute approximate surface area is 202 Å². The van der Waals surface area contributed by atoms with E-state index in [0.29, 0.717) is 25.2 Å². The van der Waals surface area contributed by atoms with E-state index in [9.17, 15) is 13.2 Å². The number of carbonyl (C=O) groups excluding carboxylic acids is 1. The first kappa shape index (κ1) is 22.8. The van der Waals surface area contributed by atoms with Gasteiger partial charge in [0.15, 0.2) is 5.84 Å². The highest BCUT2D eigenvalue weighted by Gasteiger charge is 2.33. The highest BCUT2D eigenvalue weighted by Crippen LogP contribution is 2.26. The number of allylic oxidation sites excluding steroid dienone is 2. The summed E-state index contributed by atoms with van der Waals surface area (Å²) in [6.07, 6.45) is 5.18. The summed E-state index contributed by atoms with van der Waals surface area (Å²) in [6.45, 7) is 3.60. The number of aromatic nitrogens is 1. The van der Waals surface area contributed by atoms with Crippen molar-refractivity contribution in [3.05, 3.63) is 59.3 Å². The number of methoxy groups -OCH3 is 1. The second-order valence-electron chi connectivity index (χ2n) is 8.26. The van der Waals surface area contributed by atoms with Gasteiger partial charge in [0.2, 0.25) is 0 Å². The Morgan fingerprint density at radius 1 is 1.12 bits per heavy atom.